The fraction of sp³-hybridized carbons (Fsp3) is 0.273. The van der Waals surface area contributed by atoms with E-state index in [0.29, 0.717) is 23.1 Å². The second-order valence-electron chi connectivity index (χ2n) is 6.56. The van der Waals surface area contributed by atoms with Crippen molar-refractivity contribution in [2.75, 3.05) is 11.4 Å². The molecule has 0 saturated carbocycles. The molecular formula is C22H23N3O3. The van der Waals surface area contributed by atoms with E-state index in [-0.39, 0.29) is 5.91 Å². The number of anilines is 1. The number of carbonyl (C=O) groups is 2. The van der Waals surface area contributed by atoms with Crippen molar-refractivity contribution in [2.45, 2.75) is 33.8 Å². The van der Waals surface area contributed by atoms with E-state index in [2.05, 4.69) is 9.97 Å². The molecule has 144 valence electrons. The maximum Gasteiger partial charge on any atom is 0.338 e. The summed E-state index contributed by atoms with van der Waals surface area (Å²) in [6.07, 6.45) is -0.908. The average molecular weight is 377 g/mol. The van der Waals surface area contributed by atoms with Crippen LogP contribution in [0.15, 0.2) is 48.5 Å². The summed E-state index contributed by atoms with van der Waals surface area (Å²) < 4.78 is 5.43. The van der Waals surface area contributed by atoms with Crippen LogP contribution in [0.25, 0.3) is 11.0 Å². The van der Waals surface area contributed by atoms with Crippen molar-refractivity contribution in [1.29, 1.82) is 0 Å². The van der Waals surface area contributed by atoms with Gasteiger partial charge in [0.2, 0.25) is 0 Å². The van der Waals surface area contributed by atoms with Crippen LogP contribution in [0.1, 0.15) is 35.6 Å². The Balaban J connectivity index is 1.77. The molecule has 6 nitrogen and oxygen atoms in total. The van der Waals surface area contributed by atoms with E-state index in [1.165, 1.54) is 0 Å². The SMILES string of the molecule is CCN(C(=O)[C@@H](C)OC(=O)c1ccc2nc(C)c(C)nc2c1)c1ccccc1. The molecule has 0 saturated heterocycles. The summed E-state index contributed by atoms with van der Waals surface area (Å²) in [7, 11) is 0. The highest BCUT2D eigenvalue weighted by atomic mass is 16.5. The molecular weight excluding hydrogens is 354 g/mol. The van der Waals surface area contributed by atoms with Gasteiger partial charge in [0, 0.05) is 12.2 Å². The number of aromatic nitrogens is 2. The predicted octanol–water partition coefficient (Wildman–Crippen LogP) is 3.85. The first-order valence-corrected chi connectivity index (χ1v) is 9.23. The number of carbonyl (C=O) groups excluding carboxylic acids is 2. The van der Waals surface area contributed by atoms with Crippen molar-refractivity contribution in [2.24, 2.45) is 0 Å². The Kier molecular flexibility index (Phi) is 5.68. The summed E-state index contributed by atoms with van der Waals surface area (Å²) in [5, 5.41) is 0. The summed E-state index contributed by atoms with van der Waals surface area (Å²) in [6, 6.07) is 14.3. The molecule has 1 heterocycles. The van der Waals surface area contributed by atoms with Gasteiger partial charge in [-0.2, -0.15) is 0 Å². The van der Waals surface area contributed by atoms with Crippen LogP contribution in [0, 0.1) is 13.8 Å². The molecule has 0 spiro atoms. The first-order valence-electron chi connectivity index (χ1n) is 9.23. The number of ether oxygens (including phenoxy) is 1. The van der Waals surface area contributed by atoms with Crippen molar-refractivity contribution < 1.29 is 14.3 Å². The van der Waals surface area contributed by atoms with E-state index in [9.17, 15) is 9.59 Å². The fourth-order valence-corrected chi connectivity index (χ4v) is 2.93. The van der Waals surface area contributed by atoms with Gasteiger partial charge in [0.1, 0.15) is 0 Å². The molecule has 3 rings (SSSR count). The number of hydrogen-bond acceptors (Lipinski definition) is 5. The summed E-state index contributed by atoms with van der Waals surface area (Å²) in [4.78, 5) is 35.8. The molecule has 0 unspecified atom stereocenters. The van der Waals surface area contributed by atoms with Gasteiger partial charge in [-0.05, 0) is 58.0 Å². The number of nitrogens with zero attached hydrogens (tertiary/aromatic N) is 3. The van der Waals surface area contributed by atoms with E-state index in [1.54, 1.807) is 30.0 Å². The number of hydrogen-bond donors (Lipinski definition) is 0. The minimum absolute atomic E-state index is 0.269. The molecule has 1 atom stereocenters. The van der Waals surface area contributed by atoms with Crippen LogP contribution in [-0.2, 0) is 9.53 Å². The van der Waals surface area contributed by atoms with Gasteiger partial charge in [-0.15, -0.1) is 0 Å². The van der Waals surface area contributed by atoms with E-state index in [1.807, 2.05) is 51.1 Å². The Labute approximate surface area is 164 Å². The van der Waals surface area contributed by atoms with Crippen LogP contribution in [0.3, 0.4) is 0 Å². The minimum atomic E-state index is -0.908. The number of rotatable bonds is 5. The summed E-state index contributed by atoms with van der Waals surface area (Å²) in [5.74, 6) is -0.832. The van der Waals surface area contributed by atoms with Crippen molar-refractivity contribution >= 4 is 28.6 Å². The molecule has 1 aromatic heterocycles. The largest absolute Gasteiger partial charge is 0.449 e. The Morgan fingerprint density at radius 1 is 1.00 bits per heavy atom. The molecule has 0 N–H and O–H groups in total. The van der Waals surface area contributed by atoms with Gasteiger partial charge < -0.3 is 9.64 Å². The molecule has 1 amide bonds. The van der Waals surface area contributed by atoms with Crippen LogP contribution in [0.4, 0.5) is 5.69 Å². The number of likely N-dealkylation sites (N-methyl/N-ethyl adjacent to an activating group) is 1. The Morgan fingerprint density at radius 2 is 1.64 bits per heavy atom. The highest BCUT2D eigenvalue weighted by Gasteiger charge is 2.24. The zero-order valence-electron chi connectivity index (χ0n) is 16.5. The third-order valence-electron chi connectivity index (χ3n) is 4.59. The topological polar surface area (TPSA) is 72.4 Å². The van der Waals surface area contributed by atoms with Gasteiger partial charge in [-0.3, -0.25) is 4.79 Å². The summed E-state index contributed by atoms with van der Waals surface area (Å²) >= 11 is 0. The van der Waals surface area contributed by atoms with Crippen molar-refractivity contribution in [3.05, 3.63) is 65.5 Å². The van der Waals surface area contributed by atoms with E-state index in [0.717, 1.165) is 17.1 Å². The number of amides is 1. The maximum absolute atomic E-state index is 12.8. The number of para-hydroxylation sites is 1. The van der Waals surface area contributed by atoms with Crippen molar-refractivity contribution in [3.8, 4) is 0 Å². The van der Waals surface area contributed by atoms with Crippen molar-refractivity contribution in [1.82, 2.24) is 9.97 Å². The molecule has 6 heteroatoms. The maximum atomic E-state index is 12.8. The summed E-state index contributed by atoms with van der Waals surface area (Å²) in [5.41, 5.74) is 4.10. The van der Waals surface area contributed by atoms with E-state index in [4.69, 9.17) is 4.74 Å². The molecule has 28 heavy (non-hydrogen) atoms. The molecule has 0 fully saturated rings. The molecule has 2 aromatic carbocycles. The van der Waals surface area contributed by atoms with E-state index < -0.39 is 12.1 Å². The number of fused-ring (bicyclic) bond motifs is 1. The molecule has 0 aliphatic carbocycles. The van der Waals surface area contributed by atoms with Crippen LogP contribution < -0.4 is 4.90 Å². The molecule has 0 aliphatic heterocycles. The third kappa shape index (κ3) is 4.01. The van der Waals surface area contributed by atoms with Gasteiger partial charge in [0.25, 0.3) is 5.91 Å². The second-order valence-corrected chi connectivity index (χ2v) is 6.56. The number of aryl methyl sites for hydroxylation is 2. The lowest BCUT2D eigenvalue weighted by Crippen LogP contribution is -2.40. The minimum Gasteiger partial charge on any atom is -0.449 e. The third-order valence-corrected chi connectivity index (χ3v) is 4.59. The van der Waals surface area contributed by atoms with Gasteiger partial charge in [-0.25, -0.2) is 14.8 Å². The molecule has 0 radical (unpaired) electrons. The van der Waals surface area contributed by atoms with Crippen LogP contribution in [0.2, 0.25) is 0 Å². The Morgan fingerprint density at radius 3 is 2.29 bits per heavy atom. The zero-order valence-corrected chi connectivity index (χ0v) is 16.5. The van der Waals surface area contributed by atoms with Gasteiger partial charge in [0.15, 0.2) is 6.10 Å². The lowest BCUT2D eigenvalue weighted by molar-refractivity contribution is -0.126. The second kappa shape index (κ2) is 8.17. The fourth-order valence-electron chi connectivity index (χ4n) is 2.93. The molecule has 0 aliphatic rings. The average Bonchev–Trinajstić information content (AvgIpc) is 2.69. The predicted molar refractivity (Wildman–Crippen MR) is 108 cm³/mol. The number of benzene rings is 2. The highest BCUT2D eigenvalue weighted by Crippen LogP contribution is 2.18. The first-order chi connectivity index (χ1) is 13.4. The summed E-state index contributed by atoms with van der Waals surface area (Å²) in [6.45, 7) is 7.71. The van der Waals surface area contributed by atoms with Crippen LogP contribution >= 0.6 is 0 Å². The Hall–Kier alpha value is -3.28. The van der Waals surface area contributed by atoms with Crippen LogP contribution in [-0.4, -0.2) is 34.5 Å². The lowest BCUT2D eigenvalue weighted by atomic mass is 10.2. The first kappa shape index (κ1) is 19.5. The van der Waals surface area contributed by atoms with Gasteiger partial charge >= 0.3 is 5.97 Å². The Bertz CT molecular complexity index is 1020. The molecule has 3 aromatic rings. The van der Waals surface area contributed by atoms with E-state index >= 15 is 0 Å². The van der Waals surface area contributed by atoms with Gasteiger partial charge in [-0.1, -0.05) is 18.2 Å². The monoisotopic (exact) mass is 377 g/mol. The zero-order chi connectivity index (χ0) is 20.3. The normalized spacial score (nSPS) is 11.9. The van der Waals surface area contributed by atoms with Crippen LogP contribution in [0.5, 0.6) is 0 Å². The quantitative estimate of drug-likeness (QED) is 0.632. The van der Waals surface area contributed by atoms with Crippen molar-refractivity contribution in [3.63, 3.8) is 0 Å². The standard InChI is InChI=1S/C22H23N3O3/c1-5-25(18-9-7-6-8-10-18)21(26)16(4)28-22(27)17-11-12-19-20(13-17)24-15(3)14(2)23-19/h6-13,16H,5H2,1-4H3/t16-/m1/s1. The van der Waals surface area contributed by atoms with Gasteiger partial charge in [0.05, 0.1) is 28.0 Å². The lowest BCUT2D eigenvalue weighted by Gasteiger charge is -2.24. The molecule has 0 bridgehead atoms. The number of esters is 1. The smallest absolute Gasteiger partial charge is 0.338 e. The highest BCUT2D eigenvalue weighted by molar-refractivity contribution is 5.99.